The van der Waals surface area contributed by atoms with Crippen molar-refractivity contribution < 1.29 is 4.79 Å². The fraction of sp³-hybridized carbons (Fsp3) is 0.462. The van der Waals surface area contributed by atoms with E-state index in [4.69, 9.17) is 0 Å². The van der Waals surface area contributed by atoms with Crippen molar-refractivity contribution in [2.24, 2.45) is 0 Å². The summed E-state index contributed by atoms with van der Waals surface area (Å²) in [6.45, 7) is 5.85. The number of benzene rings is 1. The summed E-state index contributed by atoms with van der Waals surface area (Å²) >= 11 is 0. The van der Waals surface area contributed by atoms with Crippen LogP contribution in [0.5, 0.6) is 0 Å². The van der Waals surface area contributed by atoms with Crippen LogP contribution >= 0.6 is 0 Å². The summed E-state index contributed by atoms with van der Waals surface area (Å²) in [6.07, 6.45) is 0. The first-order chi connectivity index (χ1) is 7.68. The van der Waals surface area contributed by atoms with Gasteiger partial charge in [-0.2, -0.15) is 0 Å². The average molecular weight is 218 g/mol. The van der Waals surface area contributed by atoms with Crippen molar-refractivity contribution in [3.05, 3.63) is 35.9 Å². The summed E-state index contributed by atoms with van der Waals surface area (Å²) < 4.78 is 0. The molecule has 1 heterocycles. The van der Waals surface area contributed by atoms with Crippen LogP contribution in [0.1, 0.15) is 24.2 Å². The van der Waals surface area contributed by atoms with Crippen molar-refractivity contribution in [1.82, 2.24) is 10.2 Å². The summed E-state index contributed by atoms with van der Waals surface area (Å²) in [4.78, 5) is 14.2. The molecule has 1 aromatic rings. The van der Waals surface area contributed by atoms with Gasteiger partial charge in [-0.3, -0.25) is 4.79 Å². The standard InChI is InChI=1S/C13H18N2O/c1-10-9-15(11(2)8-14-10)13(16)12-6-4-3-5-7-12/h3-7,10-11,14H,8-9H2,1-2H3/t10-,11+/m1/s1. The maximum Gasteiger partial charge on any atom is 0.254 e. The predicted octanol–water partition coefficient (Wildman–Crippen LogP) is 1.51. The number of hydrogen-bond donors (Lipinski definition) is 1. The fourth-order valence-electron chi connectivity index (χ4n) is 2.05. The van der Waals surface area contributed by atoms with Gasteiger partial charge in [-0.1, -0.05) is 18.2 Å². The van der Waals surface area contributed by atoms with Crippen LogP contribution in [0, 0.1) is 0 Å². The zero-order chi connectivity index (χ0) is 11.5. The number of nitrogens with zero attached hydrogens (tertiary/aromatic N) is 1. The summed E-state index contributed by atoms with van der Waals surface area (Å²) in [6, 6.07) is 10.1. The molecule has 1 aromatic carbocycles. The number of rotatable bonds is 1. The SMILES string of the molecule is C[C@@H]1CN(C(=O)c2ccccc2)[C@@H](C)CN1. The first-order valence-electron chi connectivity index (χ1n) is 5.78. The average Bonchev–Trinajstić information content (AvgIpc) is 2.32. The first kappa shape index (κ1) is 11.1. The second-order valence-corrected chi connectivity index (χ2v) is 4.48. The van der Waals surface area contributed by atoms with Crippen LogP contribution in [-0.2, 0) is 0 Å². The Hall–Kier alpha value is -1.35. The minimum atomic E-state index is 0.140. The van der Waals surface area contributed by atoms with E-state index < -0.39 is 0 Å². The van der Waals surface area contributed by atoms with Crippen LogP contribution in [-0.4, -0.2) is 36.0 Å². The topological polar surface area (TPSA) is 32.3 Å². The number of amides is 1. The summed E-state index contributed by atoms with van der Waals surface area (Å²) in [5.41, 5.74) is 0.781. The highest BCUT2D eigenvalue weighted by molar-refractivity contribution is 5.94. The maximum atomic E-state index is 12.3. The number of nitrogens with one attached hydrogen (secondary N) is 1. The molecule has 1 saturated heterocycles. The third-order valence-corrected chi connectivity index (χ3v) is 3.05. The zero-order valence-electron chi connectivity index (χ0n) is 9.81. The molecule has 0 aromatic heterocycles. The van der Waals surface area contributed by atoms with Gasteiger partial charge in [0, 0.05) is 30.7 Å². The highest BCUT2D eigenvalue weighted by Gasteiger charge is 2.26. The lowest BCUT2D eigenvalue weighted by Crippen LogP contribution is -2.56. The highest BCUT2D eigenvalue weighted by Crippen LogP contribution is 2.12. The molecule has 1 aliphatic rings. The Morgan fingerprint density at radius 2 is 2.00 bits per heavy atom. The van der Waals surface area contributed by atoms with E-state index in [-0.39, 0.29) is 11.9 Å². The lowest BCUT2D eigenvalue weighted by Gasteiger charge is -2.37. The van der Waals surface area contributed by atoms with Crippen LogP contribution in [0.25, 0.3) is 0 Å². The Balaban J connectivity index is 2.15. The van der Waals surface area contributed by atoms with Crippen molar-refractivity contribution >= 4 is 5.91 Å². The van der Waals surface area contributed by atoms with E-state index in [0.717, 1.165) is 18.7 Å². The lowest BCUT2D eigenvalue weighted by atomic mass is 10.1. The number of carbonyl (C=O) groups is 1. The minimum Gasteiger partial charge on any atom is -0.333 e. The molecule has 3 heteroatoms. The highest BCUT2D eigenvalue weighted by atomic mass is 16.2. The van der Waals surface area contributed by atoms with Gasteiger partial charge in [0.2, 0.25) is 0 Å². The van der Waals surface area contributed by atoms with E-state index in [1.54, 1.807) is 0 Å². The molecule has 0 aliphatic carbocycles. The zero-order valence-corrected chi connectivity index (χ0v) is 9.81. The van der Waals surface area contributed by atoms with E-state index in [1.807, 2.05) is 35.2 Å². The van der Waals surface area contributed by atoms with Gasteiger partial charge in [0.05, 0.1) is 0 Å². The maximum absolute atomic E-state index is 12.3. The summed E-state index contributed by atoms with van der Waals surface area (Å²) in [5.74, 6) is 0.140. The molecular weight excluding hydrogens is 200 g/mol. The van der Waals surface area contributed by atoms with Gasteiger partial charge in [0.25, 0.3) is 5.91 Å². The molecule has 0 unspecified atom stereocenters. The van der Waals surface area contributed by atoms with E-state index in [1.165, 1.54) is 0 Å². The van der Waals surface area contributed by atoms with Crippen LogP contribution in [0.15, 0.2) is 30.3 Å². The summed E-state index contributed by atoms with van der Waals surface area (Å²) in [5, 5.41) is 3.37. The second kappa shape index (κ2) is 4.66. The molecular formula is C13H18N2O. The normalized spacial score (nSPS) is 25.5. The monoisotopic (exact) mass is 218 g/mol. The van der Waals surface area contributed by atoms with Gasteiger partial charge in [0.15, 0.2) is 0 Å². The predicted molar refractivity (Wildman–Crippen MR) is 64.4 cm³/mol. The Labute approximate surface area is 96.5 Å². The van der Waals surface area contributed by atoms with Gasteiger partial charge >= 0.3 is 0 Å². The molecule has 1 N–H and O–H groups in total. The van der Waals surface area contributed by atoms with Crippen molar-refractivity contribution in [2.45, 2.75) is 25.9 Å². The third kappa shape index (κ3) is 2.25. The van der Waals surface area contributed by atoms with Gasteiger partial charge < -0.3 is 10.2 Å². The molecule has 2 rings (SSSR count). The quantitative estimate of drug-likeness (QED) is 0.775. The van der Waals surface area contributed by atoms with E-state index in [9.17, 15) is 4.79 Å². The number of carbonyl (C=O) groups excluding carboxylic acids is 1. The molecule has 0 bridgehead atoms. The van der Waals surface area contributed by atoms with E-state index >= 15 is 0 Å². The molecule has 2 atom stereocenters. The molecule has 16 heavy (non-hydrogen) atoms. The molecule has 1 aliphatic heterocycles. The largest absolute Gasteiger partial charge is 0.333 e. The van der Waals surface area contributed by atoms with Gasteiger partial charge in [-0.15, -0.1) is 0 Å². The Morgan fingerprint density at radius 1 is 1.31 bits per heavy atom. The molecule has 86 valence electrons. The fourth-order valence-corrected chi connectivity index (χ4v) is 2.05. The molecule has 3 nitrogen and oxygen atoms in total. The van der Waals surface area contributed by atoms with Crippen molar-refractivity contribution in [3.8, 4) is 0 Å². The molecule has 0 saturated carbocycles. The van der Waals surface area contributed by atoms with Gasteiger partial charge in [-0.25, -0.2) is 0 Å². The summed E-state index contributed by atoms with van der Waals surface area (Å²) in [7, 11) is 0. The van der Waals surface area contributed by atoms with Crippen LogP contribution < -0.4 is 5.32 Å². The van der Waals surface area contributed by atoms with Crippen molar-refractivity contribution in [3.63, 3.8) is 0 Å². The number of piperazine rings is 1. The Morgan fingerprint density at radius 3 is 2.69 bits per heavy atom. The molecule has 0 spiro atoms. The lowest BCUT2D eigenvalue weighted by molar-refractivity contribution is 0.0616. The molecule has 1 amide bonds. The first-order valence-corrected chi connectivity index (χ1v) is 5.78. The molecule has 1 fully saturated rings. The van der Waals surface area contributed by atoms with E-state index in [2.05, 4.69) is 19.2 Å². The van der Waals surface area contributed by atoms with Gasteiger partial charge in [0.1, 0.15) is 0 Å². The van der Waals surface area contributed by atoms with Crippen LogP contribution in [0.4, 0.5) is 0 Å². The number of hydrogen-bond acceptors (Lipinski definition) is 2. The third-order valence-electron chi connectivity index (χ3n) is 3.05. The second-order valence-electron chi connectivity index (χ2n) is 4.48. The Bertz CT molecular complexity index is 363. The smallest absolute Gasteiger partial charge is 0.254 e. The minimum absolute atomic E-state index is 0.140. The van der Waals surface area contributed by atoms with Crippen molar-refractivity contribution in [1.29, 1.82) is 0 Å². The Kier molecular flexibility index (Phi) is 3.25. The van der Waals surface area contributed by atoms with Crippen molar-refractivity contribution in [2.75, 3.05) is 13.1 Å². The van der Waals surface area contributed by atoms with Crippen LogP contribution in [0.3, 0.4) is 0 Å². The van der Waals surface area contributed by atoms with E-state index in [0.29, 0.717) is 6.04 Å². The van der Waals surface area contributed by atoms with Crippen LogP contribution in [0.2, 0.25) is 0 Å². The van der Waals surface area contributed by atoms with Gasteiger partial charge in [-0.05, 0) is 26.0 Å². The molecule has 0 radical (unpaired) electrons.